The van der Waals surface area contributed by atoms with E-state index in [1.54, 1.807) is 18.4 Å². The van der Waals surface area contributed by atoms with E-state index in [1.165, 1.54) is 0 Å². The molecule has 0 saturated carbocycles. The predicted octanol–water partition coefficient (Wildman–Crippen LogP) is 0.0704. The monoisotopic (exact) mass is 255 g/mol. The molecule has 1 heterocycles. The number of hydrogen-bond donors (Lipinski definition) is 3. The number of amides is 1. The topological polar surface area (TPSA) is 87.1 Å². The predicted molar refractivity (Wildman–Crippen MR) is 68.5 cm³/mol. The molecule has 1 aromatic heterocycles. The number of H-pyrrole nitrogens is 1. The van der Waals surface area contributed by atoms with Crippen molar-refractivity contribution in [1.82, 2.24) is 14.9 Å². The second-order valence-corrected chi connectivity index (χ2v) is 5.13. The molecule has 18 heavy (non-hydrogen) atoms. The average molecular weight is 255 g/mol. The number of aromatic amines is 1. The molecular formula is C12H21N3O3. The molecule has 1 amide bonds. The van der Waals surface area contributed by atoms with Crippen LogP contribution in [0.3, 0.4) is 0 Å². The van der Waals surface area contributed by atoms with E-state index < -0.39 is 5.54 Å². The summed E-state index contributed by atoms with van der Waals surface area (Å²) in [7, 11) is 0. The zero-order valence-corrected chi connectivity index (χ0v) is 11.3. The van der Waals surface area contributed by atoms with Crippen molar-refractivity contribution in [3.63, 3.8) is 0 Å². The lowest BCUT2D eigenvalue weighted by Crippen LogP contribution is -2.46. The van der Waals surface area contributed by atoms with Gasteiger partial charge in [-0.2, -0.15) is 0 Å². The van der Waals surface area contributed by atoms with Crippen LogP contribution in [0.1, 0.15) is 31.7 Å². The van der Waals surface area contributed by atoms with Crippen molar-refractivity contribution in [2.75, 3.05) is 6.61 Å². The van der Waals surface area contributed by atoms with E-state index >= 15 is 0 Å². The van der Waals surface area contributed by atoms with Gasteiger partial charge in [0, 0.05) is 24.4 Å². The molecule has 0 aliphatic heterocycles. The van der Waals surface area contributed by atoms with E-state index in [-0.39, 0.29) is 24.6 Å². The van der Waals surface area contributed by atoms with Gasteiger partial charge in [-0.25, -0.2) is 4.79 Å². The van der Waals surface area contributed by atoms with Crippen molar-refractivity contribution in [1.29, 1.82) is 0 Å². The Bertz CT molecular complexity index is 485. The normalized spacial score (nSPS) is 11.6. The molecule has 3 N–H and O–H groups in total. The van der Waals surface area contributed by atoms with Gasteiger partial charge in [0.25, 0.3) is 0 Å². The Balaban J connectivity index is 2.61. The number of aliphatic hydroxyl groups excluding tert-OH is 1. The lowest BCUT2D eigenvalue weighted by Gasteiger charge is -2.23. The van der Waals surface area contributed by atoms with Gasteiger partial charge in [-0.15, -0.1) is 0 Å². The van der Waals surface area contributed by atoms with Crippen molar-refractivity contribution in [3.8, 4) is 0 Å². The number of nitrogens with one attached hydrogen (secondary N) is 2. The van der Waals surface area contributed by atoms with Crippen LogP contribution in [0.5, 0.6) is 0 Å². The molecule has 1 aromatic rings. The Labute approximate surface area is 106 Å². The Morgan fingerprint density at radius 1 is 1.44 bits per heavy atom. The number of rotatable bonds is 5. The van der Waals surface area contributed by atoms with Crippen LogP contribution in [0.2, 0.25) is 0 Å². The van der Waals surface area contributed by atoms with Gasteiger partial charge < -0.3 is 15.4 Å². The molecule has 0 saturated heterocycles. The Kier molecular flexibility index (Phi) is 4.34. The number of aryl methyl sites for hydroxylation is 1. The first-order chi connectivity index (χ1) is 8.26. The highest BCUT2D eigenvalue weighted by atomic mass is 16.3. The summed E-state index contributed by atoms with van der Waals surface area (Å²) in [6.07, 6.45) is 0.210. The van der Waals surface area contributed by atoms with Crippen LogP contribution < -0.4 is 11.0 Å². The summed E-state index contributed by atoms with van der Waals surface area (Å²) in [5, 5.41) is 11.8. The lowest BCUT2D eigenvalue weighted by molar-refractivity contribution is -0.123. The van der Waals surface area contributed by atoms with E-state index in [9.17, 15) is 9.59 Å². The highest BCUT2D eigenvalue weighted by Gasteiger charge is 2.19. The zero-order chi connectivity index (χ0) is 13.9. The maximum Gasteiger partial charge on any atom is 0.325 e. The number of carbonyl (C=O) groups is 1. The molecule has 0 radical (unpaired) electrons. The number of aromatic nitrogens is 2. The molecule has 0 fully saturated rings. The van der Waals surface area contributed by atoms with Crippen LogP contribution in [-0.4, -0.2) is 32.7 Å². The molecule has 6 nitrogen and oxygen atoms in total. The third kappa shape index (κ3) is 3.46. The van der Waals surface area contributed by atoms with E-state index in [0.29, 0.717) is 6.54 Å². The van der Waals surface area contributed by atoms with E-state index in [1.807, 2.05) is 13.8 Å². The largest absolute Gasteiger partial charge is 0.394 e. The van der Waals surface area contributed by atoms with Crippen LogP contribution in [-0.2, 0) is 11.3 Å². The first-order valence-corrected chi connectivity index (χ1v) is 5.95. The maximum atomic E-state index is 11.7. The molecule has 0 aliphatic rings. The van der Waals surface area contributed by atoms with E-state index in [2.05, 4.69) is 10.3 Å². The van der Waals surface area contributed by atoms with Gasteiger partial charge in [0.2, 0.25) is 5.91 Å². The number of hydrogen-bond acceptors (Lipinski definition) is 3. The fourth-order valence-electron chi connectivity index (χ4n) is 1.64. The van der Waals surface area contributed by atoms with Crippen molar-refractivity contribution in [2.24, 2.45) is 0 Å². The van der Waals surface area contributed by atoms with E-state index in [4.69, 9.17) is 5.11 Å². The third-order valence-corrected chi connectivity index (χ3v) is 2.92. The average Bonchev–Trinajstić information content (AvgIpc) is 2.50. The molecule has 0 aliphatic carbocycles. The summed E-state index contributed by atoms with van der Waals surface area (Å²) in [6, 6.07) is 0. The summed E-state index contributed by atoms with van der Waals surface area (Å²) < 4.78 is 1.54. The van der Waals surface area contributed by atoms with Crippen molar-refractivity contribution in [2.45, 2.75) is 46.2 Å². The zero-order valence-electron chi connectivity index (χ0n) is 11.3. The van der Waals surface area contributed by atoms with Gasteiger partial charge in [-0.1, -0.05) is 0 Å². The van der Waals surface area contributed by atoms with Gasteiger partial charge in [-0.05, 0) is 27.7 Å². The second-order valence-electron chi connectivity index (χ2n) is 5.13. The van der Waals surface area contributed by atoms with Crippen molar-refractivity contribution < 1.29 is 9.90 Å². The smallest absolute Gasteiger partial charge is 0.325 e. The highest BCUT2D eigenvalue weighted by Crippen LogP contribution is 2.03. The Morgan fingerprint density at radius 2 is 2.06 bits per heavy atom. The molecule has 1 rings (SSSR count). The molecular weight excluding hydrogens is 234 g/mol. The minimum Gasteiger partial charge on any atom is -0.394 e. The fraction of sp³-hybridized carbons (Fsp3) is 0.667. The molecule has 0 atom stereocenters. The minimum absolute atomic E-state index is 0.124. The lowest BCUT2D eigenvalue weighted by atomic mass is 10.1. The second kappa shape index (κ2) is 5.39. The molecule has 0 spiro atoms. The van der Waals surface area contributed by atoms with Gasteiger partial charge in [0.05, 0.1) is 12.1 Å². The van der Waals surface area contributed by atoms with Crippen LogP contribution in [0.4, 0.5) is 0 Å². The fourth-order valence-corrected chi connectivity index (χ4v) is 1.64. The number of imidazole rings is 1. The van der Waals surface area contributed by atoms with Crippen molar-refractivity contribution >= 4 is 5.91 Å². The van der Waals surface area contributed by atoms with Gasteiger partial charge in [0.1, 0.15) is 0 Å². The molecule has 102 valence electrons. The SMILES string of the molecule is Cc1[nH]c(=O)n(CCC(=O)NC(C)(C)CO)c1C. The molecule has 0 aromatic carbocycles. The van der Waals surface area contributed by atoms with Crippen LogP contribution >= 0.6 is 0 Å². The van der Waals surface area contributed by atoms with Gasteiger partial charge in [-0.3, -0.25) is 9.36 Å². The minimum atomic E-state index is -0.634. The quantitative estimate of drug-likeness (QED) is 0.696. The third-order valence-electron chi connectivity index (χ3n) is 2.92. The number of nitrogens with zero attached hydrogens (tertiary/aromatic N) is 1. The Morgan fingerprint density at radius 3 is 2.50 bits per heavy atom. The van der Waals surface area contributed by atoms with E-state index in [0.717, 1.165) is 11.4 Å². The van der Waals surface area contributed by atoms with Gasteiger partial charge >= 0.3 is 5.69 Å². The number of aliphatic hydroxyl groups is 1. The first-order valence-electron chi connectivity index (χ1n) is 5.95. The van der Waals surface area contributed by atoms with Gasteiger partial charge in [0.15, 0.2) is 0 Å². The van der Waals surface area contributed by atoms with Crippen LogP contribution in [0.15, 0.2) is 4.79 Å². The van der Waals surface area contributed by atoms with Crippen LogP contribution in [0, 0.1) is 13.8 Å². The van der Waals surface area contributed by atoms with Crippen LogP contribution in [0.25, 0.3) is 0 Å². The molecule has 0 bridgehead atoms. The summed E-state index contributed by atoms with van der Waals surface area (Å²) >= 11 is 0. The summed E-state index contributed by atoms with van der Waals surface area (Å²) in [6.45, 7) is 7.35. The number of carbonyl (C=O) groups excluding carboxylic acids is 1. The molecule has 0 unspecified atom stereocenters. The summed E-state index contributed by atoms with van der Waals surface area (Å²) in [4.78, 5) is 25.9. The standard InChI is InChI=1S/C12H21N3O3/c1-8-9(2)15(11(18)13-8)6-5-10(17)14-12(3,4)7-16/h16H,5-7H2,1-4H3,(H,13,18)(H,14,17). The highest BCUT2D eigenvalue weighted by molar-refractivity contribution is 5.76. The first kappa shape index (κ1) is 14.5. The summed E-state index contributed by atoms with van der Waals surface area (Å²) in [5.74, 6) is -0.181. The molecule has 6 heteroatoms. The summed E-state index contributed by atoms with van der Waals surface area (Å²) in [5.41, 5.74) is 0.829. The van der Waals surface area contributed by atoms with Crippen molar-refractivity contribution in [3.05, 3.63) is 21.9 Å². The maximum absolute atomic E-state index is 11.7. The Hall–Kier alpha value is -1.56.